The number of hydrogen-bond donors (Lipinski definition) is 0. The average Bonchev–Trinajstić information content (AvgIpc) is 3.26. The van der Waals surface area contributed by atoms with Gasteiger partial charge in [-0.05, 0) is 48.7 Å². The molecule has 4 heteroatoms. The third-order valence-corrected chi connectivity index (χ3v) is 4.25. The Hall–Kier alpha value is -2.23. The summed E-state index contributed by atoms with van der Waals surface area (Å²) in [6.07, 6.45) is 0.586. The molecule has 0 amide bonds. The summed E-state index contributed by atoms with van der Waals surface area (Å²) in [5.41, 5.74) is 1.14. The molecule has 0 bridgehead atoms. The van der Waals surface area contributed by atoms with E-state index in [0.717, 1.165) is 11.1 Å². The minimum absolute atomic E-state index is 0.267. The van der Waals surface area contributed by atoms with Gasteiger partial charge in [0, 0.05) is 5.41 Å². The molecular weight excluding hydrogens is 286 g/mol. The normalized spacial score (nSPS) is 18.8. The Kier molecular flexibility index (Phi) is 3.69. The Bertz CT molecular complexity index is 632. The second-order valence-corrected chi connectivity index (χ2v) is 5.49. The van der Waals surface area contributed by atoms with Crippen molar-refractivity contribution in [1.29, 1.82) is 0 Å². The fourth-order valence-corrected chi connectivity index (χ4v) is 3.09. The Morgan fingerprint density at radius 1 is 1.05 bits per heavy atom. The molecule has 2 nitrogen and oxygen atoms in total. The lowest BCUT2D eigenvalue weighted by atomic mass is 9.85. The first kappa shape index (κ1) is 14.7. The van der Waals surface area contributed by atoms with Crippen molar-refractivity contribution in [2.45, 2.75) is 18.8 Å². The van der Waals surface area contributed by atoms with Gasteiger partial charge in [0.1, 0.15) is 11.6 Å². The molecule has 22 heavy (non-hydrogen) atoms. The first-order valence-corrected chi connectivity index (χ1v) is 7.26. The molecule has 114 valence electrons. The van der Waals surface area contributed by atoms with E-state index in [1.54, 1.807) is 31.2 Å². The van der Waals surface area contributed by atoms with Crippen molar-refractivity contribution < 1.29 is 18.3 Å². The van der Waals surface area contributed by atoms with E-state index in [-0.39, 0.29) is 23.5 Å². The van der Waals surface area contributed by atoms with Gasteiger partial charge in [-0.1, -0.05) is 24.3 Å². The fraction of sp³-hybridized carbons (Fsp3) is 0.278. The van der Waals surface area contributed by atoms with Gasteiger partial charge in [0.25, 0.3) is 0 Å². The Morgan fingerprint density at radius 2 is 1.50 bits per heavy atom. The summed E-state index contributed by atoms with van der Waals surface area (Å²) in [7, 11) is 0. The highest BCUT2D eigenvalue weighted by atomic mass is 19.1. The van der Waals surface area contributed by atoms with Crippen LogP contribution in [0.4, 0.5) is 8.78 Å². The number of carbonyl (C=O) groups excluding carboxylic acids is 1. The van der Waals surface area contributed by atoms with E-state index in [1.807, 2.05) is 0 Å². The van der Waals surface area contributed by atoms with Crippen LogP contribution in [0.25, 0.3) is 0 Å². The molecule has 1 aliphatic rings. The second-order valence-electron chi connectivity index (χ2n) is 5.49. The highest BCUT2D eigenvalue weighted by molar-refractivity contribution is 5.81. The zero-order chi connectivity index (χ0) is 15.7. The van der Waals surface area contributed by atoms with E-state index in [9.17, 15) is 13.6 Å². The number of esters is 1. The molecule has 0 aliphatic heterocycles. The standard InChI is InChI=1S/C18H16F2O2/c1-2-22-17(21)16-11-18(16,12-3-7-14(19)8-4-12)13-5-9-15(20)10-6-13/h3-10,16H,2,11H2,1H3/t16-/m0/s1. The molecule has 2 aromatic carbocycles. The number of rotatable bonds is 4. The highest BCUT2D eigenvalue weighted by Gasteiger charge is 2.61. The average molecular weight is 302 g/mol. The van der Waals surface area contributed by atoms with Crippen LogP contribution in [0, 0.1) is 17.6 Å². The zero-order valence-corrected chi connectivity index (χ0v) is 12.2. The maximum atomic E-state index is 13.2. The Balaban J connectivity index is 2.02. The molecule has 1 aliphatic carbocycles. The minimum atomic E-state index is -0.548. The van der Waals surface area contributed by atoms with Crippen molar-refractivity contribution in [3.8, 4) is 0 Å². The van der Waals surface area contributed by atoms with Gasteiger partial charge in [0.2, 0.25) is 0 Å². The summed E-state index contributed by atoms with van der Waals surface area (Å²) in [4.78, 5) is 12.1. The van der Waals surface area contributed by atoms with E-state index in [0.29, 0.717) is 13.0 Å². The predicted molar refractivity (Wildman–Crippen MR) is 78.3 cm³/mol. The van der Waals surface area contributed by atoms with Crippen LogP contribution < -0.4 is 0 Å². The molecule has 3 rings (SSSR count). The first-order valence-electron chi connectivity index (χ1n) is 7.26. The highest BCUT2D eigenvalue weighted by Crippen LogP contribution is 2.59. The Morgan fingerprint density at radius 3 is 1.91 bits per heavy atom. The van der Waals surface area contributed by atoms with E-state index < -0.39 is 5.41 Å². The predicted octanol–water partition coefficient (Wildman–Crippen LogP) is 3.83. The van der Waals surface area contributed by atoms with Crippen molar-refractivity contribution in [3.05, 3.63) is 71.3 Å². The number of hydrogen-bond acceptors (Lipinski definition) is 2. The van der Waals surface area contributed by atoms with Gasteiger partial charge in [-0.3, -0.25) is 4.79 Å². The van der Waals surface area contributed by atoms with Gasteiger partial charge in [-0.15, -0.1) is 0 Å². The van der Waals surface area contributed by atoms with Gasteiger partial charge in [0.05, 0.1) is 12.5 Å². The van der Waals surface area contributed by atoms with Gasteiger partial charge >= 0.3 is 5.97 Å². The maximum Gasteiger partial charge on any atom is 0.310 e. The molecule has 2 aromatic rings. The van der Waals surface area contributed by atoms with E-state index >= 15 is 0 Å². The largest absolute Gasteiger partial charge is 0.466 e. The molecule has 0 aromatic heterocycles. The van der Waals surface area contributed by atoms with Gasteiger partial charge in [0.15, 0.2) is 0 Å². The molecular formula is C18H16F2O2. The summed E-state index contributed by atoms with van der Waals surface area (Å²) >= 11 is 0. The third-order valence-electron chi connectivity index (χ3n) is 4.25. The number of carbonyl (C=O) groups is 1. The summed E-state index contributed by atoms with van der Waals surface area (Å²) in [6, 6.07) is 12.2. The third kappa shape index (κ3) is 2.39. The lowest BCUT2D eigenvalue weighted by Gasteiger charge is -2.18. The molecule has 1 fully saturated rings. The molecule has 1 saturated carbocycles. The molecule has 0 N–H and O–H groups in total. The molecule has 0 saturated heterocycles. The number of ether oxygens (including phenoxy) is 1. The van der Waals surface area contributed by atoms with Crippen LogP contribution >= 0.6 is 0 Å². The molecule has 1 atom stereocenters. The van der Waals surface area contributed by atoms with Crippen LogP contribution in [0.3, 0.4) is 0 Å². The van der Waals surface area contributed by atoms with Crippen LogP contribution in [0.15, 0.2) is 48.5 Å². The van der Waals surface area contributed by atoms with Crippen LogP contribution in [0.1, 0.15) is 24.5 Å². The lowest BCUT2D eigenvalue weighted by molar-refractivity contribution is -0.145. The smallest absolute Gasteiger partial charge is 0.310 e. The van der Waals surface area contributed by atoms with Crippen LogP contribution in [0.5, 0.6) is 0 Å². The van der Waals surface area contributed by atoms with Crippen molar-refractivity contribution in [3.63, 3.8) is 0 Å². The SMILES string of the molecule is CCOC(=O)[C@@H]1CC1(c1ccc(F)cc1)c1ccc(F)cc1. The van der Waals surface area contributed by atoms with Gasteiger partial charge in [-0.2, -0.15) is 0 Å². The quantitative estimate of drug-likeness (QED) is 0.802. The Labute approximate surface area is 127 Å². The fourth-order valence-electron chi connectivity index (χ4n) is 3.09. The van der Waals surface area contributed by atoms with Crippen LogP contribution in [-0.2, 0) is 14.9 Å². The monoisotopic (exact) mass is 302 g/mol. The second kappa shape index (κ2) is 5.52. The number of halogens is 2. The minimum Gasteiger partial charge on any atom is -0.466 e. The molecule has 0 unspecified atom stereocenters. The van der Waals surface area contributed by atoms with Gasteiger partial charge in [-0.25, -0.2) is 8.78 Å². The number of benzene rings is 2. The summed E-state index contributed by atoms with van der Waals surface area (Å²) in [6.45, 7) is 2.08. The summed E-state index contributed by atoms with van der Waals surface area (Å²) in [5.74, 6) is -1.24. The van der Waals surface area contributed by atoms with Crippen LogP contribution in [0.2, 0.25) is 0 Å². The lowest BCUT2D eigenvalue weighted by Crippen LogP contribution is -2.19. The van der Waals surface area contributed by atoms with Crippen molar-refractivity contribution in [2.24, 2.45) is 5.92 Å². The van der Waals surface area contributed by atoms with E-state index in [4.69, 9.17) is 4.74 Å². The molecule has 0 spiro atoms. The van der Waals surface area contributed by atoms with Crippen molar-refractivity contribution in [2.75, 3.05) is 6.61 Å². The van der Waals surface area contributed by atoms with E-state index in [2.05, 4.69) is 0 Å². The van der Waals surface area contributed by atoms with Gasteiger partial charge < -0.3 is 4.74 Å². The van der Waals surface area contributed by atoms with Crippen molar-refractivity contribution >= 4 is 5.97 Å². The zero-order valence-electron chi connectivity index (χ0n) is 12.2. The summed E-state index contributed by atoms with van der Waals surface area (Å²) in [5, 5.41) is 0. The topological polar surface area (TPSA) is 26.3 Å². The van der Waals surface area contributed by atoms with Crippen molar-refractivity contribution in [1.82, 2.24) is 0 Å². The molecule has 0 radical (unpaired) electrons. The van der Waals surface area contributed by atoms with Crippen LogP contribution in [-0.4, -0.2) is 12.6 Å². The first-order chi connectivity index (χ1) is 10.6. The van der Waals surface area contributed by atoms with E-state index in [1.165, 1.54) is 24.3 Å². The molecule has 0 heterocycles. The maximum absolute atomic E-state index is 13.2. The summed E-state index contributed by atoms with van der Waals surface area (Å²) < 4.78 is 31.5.